The van der Waals surface area contributed by atoms with Crippen LogP contribution in [0, 0.1) is 55.4 Å². The minimum Gasteiger partial charge on any atom is -0.853 e. The number of ether oxygens (including phenoxy) is 1. The third-order valence-corrected chi connectivity index (χ3v) is 9.29. The van der Waals surface area contributed by atoms with Crippen LogP contribution in [0.3, 0.4) is 0 Å². The first kappa shape index (κ1) is 37.2. The van der Waals surface area contributed by atoms with Crippen LogP contribution in [-0.2, 0) is 26.6 Å². The molecule has 0 bridgehead atoms. The van der Waals surface area contributed by atoms with E-state index < -0.39 is 36.3 Å². The number of pyridine rings is 4. The molecule has 11 heteroatoms. The van der Waals surface area contributed by atoms with Crippen LogP contribution in [0.2, 0.25) is 0 Å². The van der Waals surface area contributed by atoms with Gasteiger partial charge in [0.25, 0.3) is 0 Å². The number of nitrogens with zero attached hydrogens (tertiary/aromatic N) is 4. The van der Waals surface area contributed by atoms with Crippen molar-refractivity contribution < 1.29 is 47.0 Å². The molecule has 0 radical (unpaired) electrons. The normalized spacial score (nSPS) is 14.7. The molecular formula is C38H39CuN4O6. The van der Waals surface area contributed by atoms with Gasteiger partial charge in [0.15, 0.2) is 11.9 Å². The smallest absolute Gasteiger partial charge is 0.853 e. The van der Waals surface area contributed by atoms with Crippen LogP contribution in [-0.4, -0.2) is 60.0 Å². The molecule has 49 heavy (non-hydrogen) atoms. The minimum atomic E-state index is -1.53. The number of fused-ring (bicyclic) bond motifs is 6. The van der Waals surface area contributed by atoms with Gasteiger partial charge < -0.3 is 25.2 Å². The Bertz CT molecular complexity index is 2000. The van der Waals surface area contributed by atoms with Gasteiger partial charge in [-0.05, 0) is 99.9 Å². The summed E-state index contributed by atoms with van der Waals surface area (Å²) in [7, 11) is 0. The Balaban J connectivity index is 0.000000168. The van der Waals surface area contributed by atoms with Gasteiger partial charge >= 0.3 is 23.0 Å². The van der Waals surface area contributed by atoms with Crippen molar-refractivity contribution in [2.75, 3.05) is 6.61 Å². The Kier molecular flexibility index (Phi) is 11.3. The molecule has 2 unspecified atom stereocenters. The predicted octanol–water partition coefficient (Wildman–Crippen LogP) is 5.99. The molecule has 0 spiro atoms. The first-order chi connectivity index (χ1) is 22.8. The summed E-state index contributed by atoms with van der Waals surface area (Å²) in [5, 5.41) is 41.5. The van der Waals surface area contributed by atoms with Crippen LogP contribution in [0.25, 0.3) is 43.6 Å². The van der Waals surface area contributed by atoms with Crippen molar-refractivity contribution >= 4 is 49.6 Å². The number of carbonyl (C=O) groups is 1. The average molecular weight is 711 g/mol. The van der Waals surface area contributed by atoms with E-state index in [-0.39, 0.29) is 17.1 Å². The molecule has 2 atom stereocenters. The number of rotatable bonds is 2. The molecule has 258 valence electrons. The number of hydrogen-bond donors (Lipinski definition) is 3. The number of aliphatic hydroxyl groups excluding tert-OH is 3. The molecule has 0 fully saturated rings. The molecule has 0 aliphatic carbocycles. The minimum absolute atomic E-state index is 0. The number of cyclic esters (lactones) is 1. The quantitative estimate of drug-likeness (QED) is 0.111. The summed E-state index contributed by atoms with van der Waals surface area (Å²) in [5.41, 5.74) is 14.1. The molecule has 0 amide bonds. The summed E-state index contributed by atoms with van der Waals surface area (Å²) in [6, 6.07) is 8.67. The second-order valence-electron chi connectivity index (χ2n) is 12.3. The SMILES string of the molecule is Cc1cnc2c(ccc3c(C)c(C)cnc32)c1C.Cc1cnc2c(ccc3c(C)c(C)cnc32)c1C.O=C1OC(C(O)C[O-])C(O)=C1O.[Cu+]. The molecule has 7 rings (SSSR count). The van der Waals surface area contributed by atoms with E-state index in [1.165, 1.54) is 66.1 Å². The Hall–Kier alpha value is -4.67. The Morgan fingerprint density at radius 1 is 0.633 bits per heavy atom. The van der Waals surface area contributed by atoms with Gasteiger partial charge in [0, 0.05) is 46.3 Å². The number of carbonyl (C=O) groups excluding carboxylic acids is 1. The summed E-state index contributed by atoms with van der Waals surface area (Å²) in [4.78, 5) is 28.8. The molecule has 1 aliphatic rings. The second kappa shape index (κ2) is 14.8. The standard InChI is InChI=1S/2C16H16N2.C6H7O6.Cu/c2*1-9-7-17-15-13(11(9)3)5-6-14-12(4)10(2)8-18-16(14)15;7-1-2(8)5-3(9)4(10)6(11)12-5;/h2*5-8H,1-4H3;2,5,8-10H,1H2;/q;;-1;+1. The number of esters is 1. The van der Waals surface area contributed by atoms with Gasteiger partial charge in [-0.2, -0.15) is 0 Å². The van der Waals surface area contributed by atoms with E-state index in [0.29, 0.717) is 0 Å². The van der Waals surface area contributed by atoms with Gasteiger partial charge in [-0.15, -0.1) is 6.61 Å². The number of aromatic nitrogens is 4. The van der Waals surface area contributed by atoms with E-state index in [1.807, 2.05) is 24.8 Å². The summed E-state index contributed by atoms with van der Waals surface area (Å²) in [6.45, 7) is 16.0. The third kappa shape index (κ3) is 6.93. The van der Waals surface area contributed by atoms with Crippen molar-refractivity contribution in [2.45, 2.75) is 67.6 Å². The van der Waals surface area contributed by atoms with Crippen LogP contribution < -0.4 is 5.11 Å². The largest absolute Gasteiger partial charge is 1.00 e. The first-order valence-corrected chi connectivity index (χ1v) is 15.6. The van der Waals surface area contributed by atoms with Crippen LogP contribution in [0.1, 0.15) is 44.5 Å². The fraction of sp³-hybridized carbons (Fsp3) is 0.289. The van der Waals surface area contributed by atoms with Crippen molar-refractivity contribution in [2.24, 2.45) is 0 Å². The molecular weight excluding hydrogens is 672 g/mol. The number of benzene rings is 2. The molecule has 0 saturated carbocycles. The van der Waals surface area contributed by atoms with Crippen molar-refractivity contribution in [3.63, 3.8) is 0 Å². The van der Waals surface area contributed by atoms with Crippen LogP contribution in [0.15, 0.2) is 60.6 Å². The topological polar surface area (TPSA) is 162 Å². The zero-order chi connectivity index (χ0) is 35.0. The van der Waals surface area contributed by atoms with E-state index >= 15 is 0 Å². The fourth-order valence-corrected chi connectivity index (χ4v) is 5.59. The van der Waals surface area contributed by atoms with E-state index in [9.17, 15) is 9.90 Å². The Labute approximate surface area is 295 Å². The fourth-order valence-electron chi connectivity index (χ4n) is 5.59. The molecule has 3 N–H and O–H groups in total. The average Bonchev–Trinajstić information content (AvgIpc) is 3.34. The molecule has 4 aromatic heterocycles. The maximum absolute atomic E-state index is 10.5. The van der Waals surface area contributed by atoms with Crippen LogP contribution >= 0.6 is 0 Å². The molecule has 1 aliphatic heterocycles. The summed E-state index contributed by atoms with van der Waals surface area (Å²) in [5.74, 6) is -2.87. The van der Waals surface area contributed by atoms with Gasteiger partial charge in [0.2, 0.25) is 5.76 Å². The predicted molar refractivity (Wildman–Crippen MR) is 185 cm³/mol. The van der Waals surface area contributed by atoms with E-state index in [0.717, 1.165) is 22.1 Å². The summed E-state index contributed by atoms with van der Waals surface area (Å²) >= 11 is 0. The molecule has 0 saturated heterocycles. The van der Waals surface area contributed by atoms with E-state index in [4.69, 9.17) is 15.3 Å². The molecule has 6 aromatic rings. The molecule has 5 heterocycles. The van der Waals surface area contributed by atoms with Crippen molar-refractivity contribution in [1.82, 2.24) is 19.9 Å². The van der Waals surface area contributed by atoms with Crippen molar-refractivity contribution in [3.05, 3.63) is 105 Å². The number of hydrogen-bond acceptors (Lipinski definition) is 10. The number of aryl methyl sites for hydroxylation is 8. The number of aliphatic hydroxyl groups is 3. The van der Waals surface area contributed by atoms with Gasteiger partial charge in [0.05, 0.1) is 28.2 Å². The van der Waals surface area contributed by atoms with Gasteiger partial charge in [0.1, 0.15) is 0 Å². The molecule has 2 aromatic carbocycles. The van der Waals surface area contributed by atoms with Crippen LogP contribution in [0.4, 0.5) is 0 Å². The first-order valence-electron chi connectivity index (χ1n) is 15.6. The Morgan fingerprint density at radius 3 is 1.14 bits per heavy atom. The van der Waals surface area contributed by atoms with Crippen LogP contribution in [0.5, 0.6) is 0 Å². The van der Waals surface area contributed by atoms with Crippen molar-refractivity contribution in [3.8, 4) is 0 Å². The third-order valence-electron chi connectivity index (χ3n) is 9.29. The summed E-state index contributed by atoms with van der Waals surface area (Å²) < 4.78 is 4.28. The Morgan fingerprint density at radius 2 is 0.918 bits per heavy atom. The zero-order valence-corrected chi connectivity index (χ0v) is 29.6. The maximum atomic E-state index is 10.5. The second-order valence-corrected chi connectivity index (χ2v) is 12.3. The monoisotopic (exact) mass is 710 g/mol. The van der Waals surface area contributed by atoms with Gasteiger partial charge in [-0.3, -0.25) is 19.9 Å². The maximum Gasteiger partial charge on any atom is 1.00 e. The summed E-state index contributed by atoms with van der Waals surface area (Å²) in [6.07, 6.45) is 4.80. The molecule has 10 nitrogen and oxygen atoms in total. The van der Waals surface area contributed by atoms with Gasteiger partial charge in [-0.25, -0.2) is 4.79 Å². The van der Waals surface area contributed by atoms with E-state index in [1.54, 1.807) is 0 Å². The zero-order valence-electron chi connectivity index (χ0n) is 28.6. The van der Waals surface area contributed by atoms with Gasteiger partial charge in [-0.1, -0.05) is 24.3 Å². The van der Waals surface area contributed by atoms with E-state index in [2.05, 4.69) is 104 Å². The van der Waals surface area contributed by atoms with Crippen molar-refractivity contribution in [1.29, 1.82) is 0 Å².